The number of nitrogens with zero attached hydrogens (tertiary/aromatic N) is 4. The van der Waals surface area contributed by atoms with E-state index in [0.717, 1.165) is 16.5 Å². The van der Waals surface area contributed by atoms with E-state index in [-0.39, 0.29) is 11.9 Å². The van der Waals surface area contributed by atoms with Gasteiger partial charge in [0.1, 0.15) is 5.82 Å². The lowest BCUT2D eigenvalue weighted by atomic mass is 10.0. The molecule has 5 heteroatoms. The Labute approximate surface area is 90.9 Å². The van der Waals surface area contributed by atoms with Gasteiger partial charge in [0.05, 0.1) is 11.6 Å². The van der Waals surface area contributed by atoms with Crippen LogP contribution in [-0.4, -0.2) is 10.6 Å². The molecule has 1 aliphatic heterocycles. The predicted octanol–water partition coefficient (Wildman–Crippen LogP) is 3.02. The molecule has 16 heavy (non-hydrogen) atoms. The van der Waals surface area contributed by atoms with Gasteiger partial charge in [0.2, 0.25) is 0 Å². The van der Waals surface area contributed by atoms with E-state index in [2.05, 4.69) is 10.0 Å². The fraction of sp³-hybridized carbons (Fsp3) is 0.273. The zero-order valence-electron chi connectivity index (χ0n) is 8.47. The van der Waals surface area contributed by atoms with Gasteiger partial charge in [-0.05, 0) is 35.7 Å². The minimum Gasteiger partial charge on any atom is -0.347 e. The minimum atomic E-state index is -0.234. The molecule has 1 aromatic heterocycles. The summed E-state index contributed by atoms with van der Waals surface area (Å²) >= 11 is 0. The van der Waals surface area contributed by atoms with E-state index in [0.29, 0.717) is 13.0 Å². The highest BCUT2D eigenvalue weighted by atomic mass is 19.1. The highest BCUT2D eigenvalue weighted by molar-refractivity contribution is 5.84. The molecule has 0 radical (unpaired) electrons. The van der Waals surface area contributed by atoms with E-state index in [1.165, 1.54) is 12.1 Å². The van der Waals surface area contributed by atoms with Gasteiger partial charge < -0.3 is 4.57 Å². The van der Waals surface area contributed by atoms with Gasteiger partial charge in [-0.1, -0.05) is 5.11 Å². The molecule has 1 aromatic carbocycles. The third-order valence-electron chi connectivity index (χ3n) is 2.98. The second kappa shape index (κ2) is 3.25. The molecule has 2 aromatic rings. The Balaban J connectivity index is 2.22. The number of benzene rings is 1. The molecule has 2 heterocycles. The SMILES string of the molecule is [N-]=[N+]=NC1Cc2cc(F)cc3ccn(c23)C1. The van der Waals surface area contributed by atoms with Crippen LogP contribution >= 0.6 is 0 Å². The first-order valence-corrected chi connectivity index (χ1v) is 5.09. The van der Waals surface area contributed by atoms with Crippen LogP contribution in [0.2, 0.25) is 0 Å². The first-order chi connectivity index (χ1) is 7.78. The number of hydrogen-bond acceptors (Lipinski definition) is 1. The summed E-state index contributed by atoms with van der Waals surface area (Å²) < 4.78 is 15.3. The molecule has 80 valence electrons. The van der Waals surface area contributed by atoms with Crippen LogP contribution in [0.1, 0.15) is 5.56 Å². The molecule has 0 aliphatic carbocycles. The van der Waals surface area contributed by atoms with Crippen molar-refractivity contribution >= 4 is 10.9 Å². The Morgan fingerprint density at radius 2 is 2.38 bits per heavy atom. The zero-order valence-corrected chi connectivity index (χ0v) is 8.47. The van der Waals surface area contributed by atoms with Gasteiger partial charge in [-0.2, -0.15) is 0 Å². The summed E-state index contributed by atoms with van der Waals surface area (Å²) in [5.41, 5.74) is 10.4. The van der Waals surface area contributed by atoms with E-state index < -0.39 is 0 Å². The molecular formula is C11H9FN4. The monoisotopic (exact) mass is 216 g/mol. The number of aromatic nitrogens is 1. The summed E-state index contributed by atoms with van der Waals surface area (Å²) in [4.78, 5) is 2.82. The van der Waals surface area contributed by atoms with Gasteiger partial charge in [0.15, 0.2) is 0 Å². The molecule has 0 spiro atoms. The minimum absolute atomic E-state index is 0.116. The lowest BCUT2D eigenvalue weighted by Crippen LogP contribution is -2.21. The van der Waals surface area contributed by atoms with Crippen molar-refractivity contribution in [3.05, 3.63) is 46.2 Å². The molecular weight excluding hydrogens is 207 g/mol. The van der Waals surface area contributed by atoms with Crippen LogP contribution in [0.5, 0.6) is 0 Å². The number of azide groups is 1. The lowest BCUT2D eigenvalue weighted by Gasteiger charge is -2.21. The maximum atomic E-state index is 13.3. The summed E-state index contributed by atoms with van der Waals surface area (Å²) in [6.45, 7) is 0.673. The van der Waals surface area contributed by atoms with Crippen molar-refractivity contribution in [1.29, 1.82) is 0 Å². The Morgan fingerprint density at radius 1 is 1.50 bits per heavy atom. The summed E-state index contributed by atoms with van der Waals surface area (Å²) in [7, 11) is 0. The first-order valence-electron chi connectivity index (χ1n) is 5.09. The number of hydrogen-bond donors (Lipinski definition) is 0. The standard InChI is InChI=1S/C11H9FN4/c12-9-3-7-1-2-16-6-10(14-15-13)5-8(4-9)11(7)16/h1-4,10H,5-6H2. The zero-order chi connectivity index (χ0) is 11.1. The van der Waals surface area contributed by atoms with Crippen molar-refractivity contribution in [3.63, 3.8) is 0 Å². The molecule has 1 atom stereocenters. The second-order valence-electron chi connectivity index (χ2n) is 4.03. The average Bonchev–Trinajstić information content (AvgIpc) is 2.62. The Hall–Kier alpha value is -2.00. The van der Waals surface area contributed by atoms with Crippen molar-refractivity contribution in [2.75, 3.05) is 0 Å². The van der Waals surface area contributed by atoms with Crippen LogP contribution in [0.4, 0.5) is 4.39 Å². The maximum Gasteiger partial charge on any atom is 0.124 e. The van der Waals surface area contributed by atoms with Crippen molar-refractivity contribution in [2.24, 2.45) is 5.11 Å². The average molecular weight is 216 g/mol. The molecule has 0 saturated heterocycles. The van der Waals surface area contributed by atoms with Crippen LogP contribution < -0.4 is 0 Å². The van der Waals surface area contributed by atoms with Gasteiger partial charge >= 0.3 is 0 Å². The van der Waals surface area contributed by atoms with E-state index in [1.807, 2.05) is 16.8 Å². The quantitative estimate of drug-likeness (QED) is 0.399. The second-order valence-corrected chi connectivity index (χ2v) is 4.03. The molecule has 0 N–H and O–H groups in total. The van der Waals surface area contributed by atoms with Crippen LogP contribution in [0.3, 0.4) is 0 Å². The van der Waals surface area contributed by atoms with Gasteiger partial charge in [0, 0.05) is 23.0 Å². The van der Waals surface area contributed by atoms with Crippen LogP contribution in [0, 0.1) is 5.82 Å². The topological polar surface area (TPSA) is 53.7 Å². The first kappa shape index (κ1) is 9.24. The Kier molecular flexibility index (Phi) is 1.88. The Bertz CT molecular complexity index is 610. The highest BCUT2D eigenvalue weighted by Gasteiger charge is 2.20. The van der Waals surface area contributed by atoms with E-state index in [4.69, 9.17) is 5.53 Å². The van der Waals surface area contributed by atoms with E-state index >= 15 is 0 Å². The Morgan fingerprint density at radius 3 is 3.19 bits per heavy atom. The lowest BCUT2D eigenvalue weighted by molar-refractivity contribution is 0.536. The molecule has 0 amide bonds. The largest absolute Gasteiger partial charge is 0.347 e. The summed E-state index contributed by atoms with van der Waals surface area (Å²) in [6, 6.07) is 4.83. The van der Waals surface area contributed by atoms with Crippen molar-refractivity contribution in [3.8, 4) is 0 Å². The van der Waals surface area contributed by atoms with E-state index in [1.54, 1.807) is 0 Å². The molecule has 0 fully saturated rings. The smallest absolute Gasteiger partial charge is 0.124 e. The molecule has 1 aliphatic rings. The number of rotatable bonds is 1. The fourth-order valence-electron chi connectivity index (χ4n) is 2.40. The van der Waals surface area contributed by atoms with Gasteiger partial charge in [-0.3, -0.25) is 0 Å². The van der Waals surface area contributed by atoms with Gasteiger partial charge in [-0.15, -0.1) is 0 Å². The van der Waals surface area contributed by atoms with Crippen molar-refractivity contribution in [1.82, 2.24) is 4.57 Å². The van der Waals surface area contributed by atoms with Crippen LogP contribution in [0.25, 0.3) is 21.3 Å². The van der Waals surface area contributed by atoms with Crippen LogP contribution in [0.15, 0.2) is 29.5 Å². The molecule has 0 bridgehead atoms. The maximum absolute atomic E-state index is 13.3. The summed E-state index contributed by atoms with van der Waals surface area (Å²) in [6.07, 6.45) is 2.52. The van der Waals surface area contributed by atoms with Crippen molar-refractivity contribution in [2.45, 2.75) is 19.0 Å². The highest BCUT2D eigenvalue weighted by Crippen LogP contribution is 2.28. The van der Waals surface area contributed by atoms with Gasteiger partial charge in [-0.25, -0.2) is 4.39 Å². The molecule has 1 unspecified atom stereocenters. The molecule has 3 rings (SSSR count). The summed E-state index contributed by atoms with van der Waals surface area (Å²) in [5, 5.41) is 4.63. The van der Waals surface area contributed by atoms with E-state index in [9.17, 15) is 4.39 Å². The normalized spacial score (nSPS) is 18.4. The fourth-order valence-corrected chi connectivity index (χ4v) is 2.40. The third-order valence-corrected chi connectivity index (χ3v) is 2.98. The summed E-state index contributed by atoms with van der Waals surface area (Å²) in [5.74, 6) is -0.234. The van der Waals surface area contributed by atoms with Crippen LogP contribution in [-0.2, 0) is 13.0 Å². The van der Waals surface area contributed by atoms with Crippen molar-refractivity contribution < 1.29 is 4.39 Å². The van der Waals surface area contributed by atoms with Gasteiger partial charge in [0.25, 0.3) is 0 Å². The predicted molar refractivity (Wildman–Crippen MR) is 58.5 cm³/mol. The molecule has 4 nitrogen and oxygen atoms in total. The third kappa shape index (κ3) is 1.26. The molecule has 0 saturated carbocycles. The number of halogens is 1.